The number of aliphatic hydroxyl groups is 1. The van der Waals surface area contributed by atoms with Crippen LogP contribution in [0.25, 0.3) is 0 Å². The summed E-state index contributed by atoms with van der Waals surface area (Å²) in [7, 11) is 1.67. The van der Waals surface area contributed by atoms with Gasteiger partial charge in [0.15, 0.2) is 11.5 Å². The Morgan fingerprint density at radius 3 is 2.88 bits per heavy atom. The van der Waals surface area contributed by atoms with E-state index in [9.17, 15) is 5.11 Å². The molecule has 94 valence electrons. The summed E-state index contributed by atoms with van der Waals surface area (Å²) in [5.74, 6) is 1.60. The minimum atomic E-state index is -0.500. The number of aliphatic hydroxyl groups excluding tert-OH is 1. The Labute approximate surface area is 101 Å². The molecule has 1 aromatic rings. The molecule has 0 spiro atoms. The third-order valence-corrected chi connectivity index (χ3v) is 3.05. The van der Waals surface area contributed by atoms with Gasteiger partial charge >= 0.3 is 0 Å². The lowest BCUT2D eigenvalue weighted by Crippen LogP contribution is -2.11. The molecule has 0 aromatic heterocycles. The largest absolute Gasteiger partial charge is 0.454 e. The van der Waals surface area contributed by atoms with Crippen molar-refractivity contribution >= 4 is 0 Å². The maximum atomic E-state index is 10.2. The first-order valence-electron chi connectivity index (χ1n) is 5.79. The first-order valence-corrected chi connectivity index (χ1v) is 5.79. The topological polar surface area (TPSA) is 47.9 Å². The standard InChI is InChI=1S/C13H18O4/c1-9(5-6-15-2)13(14)10-3-4-11-12(7-10)17-8-16-11/h3-4,7,9,13-14H,5-6,8H2,1-2H3. The van der Waals surface area contributed by atoms with Gasteiger partial charge in [0, 0.05) is 13.7 Å². The molecule has 4 nitrogen and oxygen atoms in total. The Hall–Kier alpha value is -1.26. The van der Waals surface area contributed by atoms with Crippen molar-refractivity contribution in [2.75, 3.05) is 20.5 Å². The normalized spacial score (nSPS) is 16.9. The van der Waals surface area contributed by atoms with Gasteiger partial charge < -0.3 is 19.3 Å². The summed E-state index contributed by atoms with van der Waals surface area (Å²) < 4.78 is 15.5. The van der Waals surface area contributed by atoms with Crippen LogP contribution in [-0.2, 0) is 4.74 Å². The van der Waals surface area contributed by atoms with Crippen LogP contribution in [0.2, 0.25) is 0 Å². The van der Waals surface area contributed by atoms with Crippen molar-refractivity contribution in [3.05, 3.63) is 23.8 Å². The lowest BCUT2D eigenvalue weighted by molar-refractivity contribution is 0.0884. The molecule has 0 aliphatic carbocycles. The van der Waals surface area contributed by atoms with Gasteiger partial charge in [-0.1, -0.05) is 13.0 Å². The van der Waals surface area contributed by atoms with Crippen molar-refractivity contribution in [1.29, 1.82) is 0 Å². The van der Waals surface area contributed by atoms with Gasteiger partial charge in [-0.25, -0.2) is 0 Å². The van der Waals surface area contributed by atoms with Gasteiger partial charge in [-0.2, -0.15) is 0 Å². The van der Waals surface area contributed by atoms with E-state index in [1.54, 1.807) is 7.11 Å². The van der Waals surface area contributed by atoms with Crippen LogP contribution in [0.4, 0.5) is 0 Å². The number of rotatable bonds is 5. The zero-order chi connectivity index (χ0) is 12.3. The van der Waals surface area contributed by atoms with Crippen molar-refractivity contribution in [2.24, 2.45) is 5.92 Å². The molecule has 0 saturated heterocycles. The number of hydrogen-bond acceptors (Lipinski definition) is 4. The van der Waals surface area contributed by atoms with Crippen LogP contribution in [0.1, 0.15) is 25.0 Å². The summed E-state index contributed by atoms with van der Waals surface area (Å²) >= 11 is 0. The van der Waals surface area contributed by atoms with Crippen LogP contribution in [0.15, 0.2) is 18.2 Å². The van der Waals surface area contributed by atoms with Gasteiger partial charge in [0.05, 0.1) is 6.10 Å². The highest BCUT2D eigenvalue weighted by Crippen LogP contribution is 2.36. The second-order valence-electron chi connectivity index (χ2n) is 4.32. The predicted octanol–water partition coefficient (Wildman–Crippen LogP) is 2.12. The Morgan fingerprint density at radius 2 is 2.12 bits per heavy atom. The molecule has 2 rings (SSSR count). The smallest absolute Gasteiger partial charge is 0.231 e. The highest BCUT2D eigenvalue weighted by atomic mass is 16.7. The van der Waals surface area contributed by atoms with Gasteiger partial charge in [0.1, 0.15) is 0 Å². The van der Waals surface area contributed by atoms with E-state index in [2.05, 4.69) is 0 Å². The maximum absolute atomic E-state index is 10.2. The molecule has 17 heavy (non-hydrogen) atoms. The van der Waals surface area contributed by atoms with E-state index in [4.69, 9.17) is 14.2 Å². The summed E-state index contributed by atoms with van der Waals surface area (Å²) in [6.07, 6.45) is 0.325. The molecule has 1 aliphatic heterocycles. The van der Waals surface area contributed by atoms with Crippen LogP contribution in [-0.4, -0.2) is 25.6 Å². The molecule has 1 aliphatic rings. The predicted molar refractivity (Wildman–Crippen MR) is 63.2 cm³/mol. The Morgan fingerprint density at radius 1 is 1.35 bits per heavy atom. The lowest BCUT2D eigenvalue weighted by atomic mass is 9.95. The van der Waals surface area contributed by atoms with E-state index in [0.717, 1.165) is 17.7 Å². The minimum Gasteiger partial charge on any atom is -0.454 e. The molecule has 1 aromatic carbocycles. The molecule has 2 atom stereocenters. The van der Waals surface area contributed by atoms with Gasteiger partial charge in [0.25, 0.3) is 0 Å². The lowest BCUT2D eigenvalue weighted by Gasteiger charge is -2.19. The molecule has 0 amide bonds. The van der Waals surface area contributed by atoms with Crippen molar-refractivity contribution < 1.29 is 19.3 Å². The SMILES string of the molecule is COCCC(C)C(O)c1ccc2c(c1)OCO2. The number of fused-ring (bicyclic) bond motifs is 1. The van der Waals surface area contributed by atoms with Crippen LogP contribution in [0.5, 0.6) is 11.5 Å². The first-order chi connectivity index (χ1) is 8.22. The third-order valence-electron chi connectivity index (χ3n) is 3.05. The molecule has 0 saturated carbocycles. The fourth-order valence-electron chi connectivity index (χ4n) is 1.89. The van der Waals surface area contributed by atoms with E-state index in [1.807, 2.05) is 25.1 Å². The van der Waals surface area contributed by atoms with E-state index in [-0.39, 0.29) is 12.7 Å². The minimum absolute atomic E-state index is 0.148. The highest BCUT2D eigenvalue weighted by Gasteiger charge is 2.20. The monoisotopic (exact) mass is 238 g/mol. The maximum Gasteiger partial charge on any atom is 0.231 e. The van der Waals surface area contributed by atoms with E-state index in [0.29, 0.717) is 12.4 Å². The fraction of sp³-hybridized carbons (Fsp3) is 0.538. The van der Waals surface area contributed by atoms with Crippen LogP contribution < -0.4 is 9.47 Å². The van der Waals surface area contributed by atoms with E-state index in [1.165, 1.54) is 0 Å². The molecule has 0 fully saturated rings. The highest BCUT2D eigenvalue weighted by molar-refractivity contribution is 5.45. The zero-order valence-electron chi connectivity index (χ0n) is 10.2. The van der Waals surface area contributed by atoms with Crippen LogP contribution in [0, 0.1) is 5.92 Å². The first kappa shape index (κ1) is 12.2. The number of methoxy groups -OCH3 is 1. The fourth-order valence-corrected chi connectivity index (χ4v) is 1.89. The summed E-state index contributed by atoms with van der Waals surface area (Å²) in [5.41, 5.74) is 0.859. The second kappa shape index (κ2) is 5.38. The molecular formula is C13H18O4. The number of ether oxygens (including phenoxy) is 3. The Balaban J connectivity index is 2.06. The average molecular weight is 238 g/mol. The second-order valence-corrected chi connectivity index (χ2v) is 4.32. The number of hydrogen-bond donors (Lipinski definition) is 1. The van der Waals surface area contributed by atoms with Gasteiger partial charge in [-0.3, -0.25) is 0 Å². The summed E-state index contributed by atoms with van der Waals surface area (Å²) in [6, 6.07) is 5.56. The van der Waals surface area contributed by atoms with Gasteiger partial charge in [0.2, 0.25) is 6.79 Å². The molecular weight excluding hydrogens is 220 g/mol. The number of benzene rings is 1. The van der Waals surface area contributed by atoms with Crippen molar-refractivity contribution in [3.8, 4) is 11.5 Å². The quantitative estimate of drug-likeness (QED) is 0.853. The van der Waals surface area contributed by atoms with Crippen LogP contribution in [0.3, 0.4) is 0 Å². The Kier molecular flexibility index (Phi) is 3.86. The van der Waals surface area contributed by atoms with Crippen LogP contribution >= 0.6 is 0 Å². The molecule has 2 unspecified atom stereocenters. The van der Waals surface area contributed by atoms with Crippen molar-refractivity contribution in [1.82, 2.24) is 0 Å². The van der Waals surface area contributed by atoms with Crippen molar-refractivity contribution in [2.45, 2.75) is 19.4 Å². The molecule has 0 bridgehead atoms. The molecule has 4 heteroatoms. The van der Waals surface area contributed by atoms with Gasteiger partial charge in [-0.05, 0) is 30.0 Å². The zero-order valence-corrected chi connectivity index (χ0v) is 10.2. The van der Waals surface area contributed by atoms with Crippen molar-refractivity contribution in [3.63, 3.8) is 0 Å². The summed E-state index contributed by atoms with van der Waals surface area (Å²) in [6.45, 7) is 2.92. The molecule has 1 heterocycles. The van der Waals surface area contributed by atoms with E-state index < -0.39 is 6.10 Å². The molecule has 0 radical (unpaired) electrons. The summed E-state index contributed by atoms with van der Waals surface area (Å²) in [5, 5.41) is 10.2. The average Bonchev–Trinajstić information content (AvgIpc) is 2.81. The summed E-state index contributed by atoms with van der Waals surface area (Å²) in [4.78, 5) is 0. The van der Waals surface area contributed by atoms with Gasteiger partial charge in [-0.15, -0.1) is 0 Å². The Bertz CT molecular complexity index is 378. The third kappa shape index (κ3) is 2.70. The molecule has 1 N–H and O–H groups in total. The van der Waals surface area contributed by atoms with E-state index >= 15 is 0 Å².